The topological polar surface area (TPSA) is 59.2 Å². The molecule has 2 aromatic carbocycles. The van der Waals surface area contributed by atoms with Gasteiger partial charge in [0, 0.05) is 18.5 Å². The van der Waals surface area contributed by atoms with E-state index in [-0.39, 0.29) is 5.91 Å². The number of hydrogen-bond donors (Lipinski definition) is 1. The van der Waals surface area contributed by atoms with E-state index >= 15 is 0 Å². The van der Waals surface area contributed by atoms with E-state index in [0.29, 0.717) is 6.54 Å². The fraction of sp³-hybridized carbons (Fsp3) is 0.200. The molecule has 0 saturated carbocycles. The number of carbonyl (C=O) groups is 1. The third-order valence-electron chi connectivity index (χ3n) is 4.61. The molecule has 119 valence electrons. The number of fused-ring (bicyclic) bond motifs is 2. The predicted molar refractivity (Wildman–Crippen MR) is 93.1 cm³/mol. The van der Waals surface area contributed by atoms with Crippen molar-refractivity contribution in [1.29, 1.82) is 0 Å². The van der Waals surface area contributed by atoms with Crippen molar-refractivity contribution in [2.24, 2.45) is 5.73 Å². The number of primary amides is 1. The largest absolute Gasteiger partial charge is 0.368 e. The zero-order valence-corrected chi connectivity index (χ0v) is 13.3. The lowest BCUT2D eigenvalue weighted by molar-refractivity contribution is -0.124. The Morgan fingerprint density at radius 1 is 1.25 bits per heavy atom. The summed E-state index contributed by atoms with van der Waals surface area (Å²) in [6, 6.07) is 20.6. The van der Waals surface area contributed by atoms with Gasteiger partial charge in [0.15, 0.2) is 0 Å². The third kappa shape index (κ3) is 2.65. The Bertz CT molecular complexity index is 906. The van der Waals surface area contributed by atoms with Crippen LogP contribution in [0.15, 0.2) is 54.6 Å². The lowest BCUT2D eigenvalue weighted by atomic mass is 9.92. The summed E-state index contributed by atoms with van der Waals surface area (Å²) < 4.78 is 0. The van der Waals surface area contributed by atoms with E-state index in [2.05, 4.69) is 17.0 Å². The molecule has 1 unspecified atom stereocenters. The average Bonchev–Trinajstić information content (AvgIpc) is 2.61. The van der Waals surface area contributed by atoms with Crippen LogP contribution in [0.4, 0.5) is 0 Å². The van der Waals surface area contributed by atoms with E-state index in [1.165, 1.54) is 0 Å². The maximum absolute atomic E-state index is 12.1. The van der Waals surface area contributed by atoms with Crippen LogP contribution in [0, 0.1) is 6.07 Å². The Morgan fingerprint density at radius 3 is 3.00 bits per heavy atom. The first-order valence-electron chi connectivity index (χ1n) is 8.09. The Morgan fingerprint density at radius 2 is 2.12 bits per heavy atom. The van der Waals surface area contributed by atoms with E-state index in [4.69, 9.17) is 10.7 Å². The molecule has 0 bridgehead atoms. The molecule has 1 atom stereocenters. The fourth-order valence-electron chi connectivity index (χ4n) is 3.46. The van der Waals surface area contributed by atoms with E-state index in [0.717, 1.165) is 40.7 Å². The number of nitrogens with two attached hydrogens (primary N) is 1. The molecule has 24 heavy (non-hydrogen) atoms. The molecule has 2 N–H and O–H groups in total. The molecule has 0 fully saturated rings. The lowest BCUT2D eigenvalue weighted by Crippen LogP contribution is -2.42. The number of para-hydroxylation sites is 1. The maximum atomic E-state index is 12.1. The van der Waals surface area contributed by atoms with Gasteiger partial charge in [-0.05, 0) is 35.7 Å². The molecule has 4 nitrogen and oxygen atoms in total. The highest BCUT2D eigenvalue weighted by Gasteiger charge is 2.31. The molecule has 0 aliphatic carbocycles. The Kier molecular flexibility index (Phi) is 3.75. The zero-order chi connectivity index (χ0) is 16.5. The molecule has 0 spiro atoms. The second-order valence-corrected chi connectivity index (χ2v) is 6.15. The van der Waals surface area contributed by atoms with Gasteiger partial charge in [0.25, 0.3) is 0 Å². The Hall–Kier alpha value is -2.72. The molecule has 1 aliphatic heterocycles. The summed E-state index contributed by atoms with van der Waals surface area (Å²) in [4.78, 5) is 18.9. The summed E-state index contributed by atoms with van der Waals surface area (Å²) in [5.74, 6) is -0.317. The SMILES string of the molecule is NC(=O)C1c2cc[c]cc2CCN1Cc1ccc2ccccc2n1. The van der Waals surface area contributed by atoms with Gasteiger partial charge in [0.2, 0.25) is 5.91 Å². The monoisotopic (exact) mass is 316 g/mol. The molecule has 2 heterocycles. The second-order valence-electron chi connectivity index (χ2n) is 6.15. The Balaban J connectivity index is 1.66. The summed E-state index contributed by atoms with van der Waals surface area (Å²) >= 11 is 0. The second kappa shape index (κ2) is 6.06. The molecule has 1 radical (unpaired) electrons. The maximum Gasteiger partial charge on any atom is 0.239 e. The molecule has 0 saturated heterocycles. The van der Waals surface area contributed by atoms with Crippen molar-refractivity contribution in [2.45, 2.75) is 19.0 Å². The van der Waals surface area contributed by atoms with Gasteiger partial charge in [0.1, 0.15) is 6.04 Å². The summed E-state index contributed by atoms with van der Waals surface area (Å²) in [5, 5.41) is 1.12. The van der Waals surface area contributed by atoms with Gasteiger partial charge >= 0.3 is 0 Å². The number of hydrogen-bond acceptors (Lipinski definition) is 3. The third-order valence-corrected chi connectivity index (χ3v) is 4.61. The highest BCUT2D eigenvalue weighted by Crippen LogP contribution is 2.30. The standard InChI is InChI=1S/C20H18N3O/c21-20(24)19-17-7-3-1-5-14(17)11-12-23(19)13-16-10-9-15-6-2-4-8-18(15)22-16/h2-10,19H,11-13H2,(H2,21,24). The minimum atomic E-state index is -0.406. The highest BCUT2D eigenvalue weighted by molar-refractivity contribution is 5.82. The van der Waals surface area contributed by atoms with Crippen LogP contribution < -0.4 is 5.73 Å². The summed E-state index contributed by atoms with van der Waals surface area (Å²) in [5.41, 5.74) is 9.78. The predicted octanol–water partition coefficient (Wildman–Crippen LogP) is 2.62. The van der Waals surface area contributed by atoms with Crippen molar-refractivity contribution in [3.63, 3.8) is 0 Å². The van der Waals surface area contributed by atoms with Crippen molar-refractivity contribution in [1.82, 2.24) is 9.88 Å². The van der Waals surface area contributed by atoms with Gasteiger partial charge in [-0.15, -0.1) is 0 Å². The van der Waals surface area contributed by atoms with Crippen LogP contribution in [0.5, 0.6) is 0 Å². The molecule has 1 aromatic heterocycles. The van der Waals surface area contributed by atoms with Crippen LogP contribution in [0.25, 0.3) is 10.9 Å². The molecule has 1 amide bonds. The number of amides is 1. The van der Waals surface area contributed by atoms with Crippen molar-refractivity contribution in [3.8, 4) is 0 Å². The number of aromatic nitrogens is 1. The van der Waals surface area contributed by atoms with Crippen LogP contribution >= 0.6 is 0 Å². The number of nitrogens with zero attached hydrogens (tertiary/aromatic N) is 2. The summed E-state index contributed by atoms with van der Waals surface area (Å²) in [6.45, 7) is 1.39. The molecular weight excluding hydrogens is 298 g/mol. The fourth-order valence-corrected chi connectivity index (χ4v) is 3.46. The normalized spacial score (nSPS) is 17.6. The zero-order valence-electron chi connectivity index (χ0n) is 13.3. The molecule has 3 aromatic rings. The van der Waals surface area contributed by atoms with E-state index in [1.54, 1.807) is 0 Å². The minimum absolute atomic E-state index is 0.317. The van der Waals surface area contributed by atoms with E-state index in [1.807, 2.05) is 48.5 Å². The van der Waals surface area contributed by atoms with Crippen LogP contribution in [0.2, 0.25) is 0 Å². The first-order chi connectivity index (χ1) is 11.7. The van der Waals surface area contributed by atoms with Crippen LogP contribution in [-0.2, 0) is 17.8 Å². The first-order valence-corrected chi connectivity index (χ1v) is 8.09. The number of rotatable bonds is 3. The van der Waals surface area contributed by atoms with Crippen LogP contribution in [0.3, 0.4) is 0 Å². The lowest BCUT2D eigenvalue weighted by Gasteiger charge is -2.35. The quantitative estimate of drug-likeness (QED) is 0.808. The summed E-state index contributed by atoms with van der Waals surface area (Å²) in [6.07, 6.45) is 0.893. The average molecular weight is 316 g/mol. The van der Waals surface area contributed by atoms with Gasteiger partial charge in [-0.25, -0.2) is 0 Å². The molecular formula is C20H18N3O. The number of benzene rings is 2. The van der Waals surface area contributed by atoms with Gasteiger partial charge in [-0.1, -0.05) is 42.5 Å². The van der Waals surface area contributed by atoms with Gasteiger partial charge in [0.05, 0.1) is 11.2 Å². The van der Waals surface area contributed by atoms with Gasteiger partial charge in [-0.2, -0.15) is 0 Å². The summed E-state index contributed by atoms with van der Waals surface area (Å²) in [7, 11) is 0. The van der Waals surface area contributed by atoms with Crippen molar-refractivity contribution in [2.75, 3.05) is 6.54 Å². The van der Waals surface area contributed by atoms with Crippen LogP contribution in [0.1, 0.15) is 22.9 Å². The van der Waals surface area contributed by atoms with Crippen molar-refractivity contribution >= 4 is 16.8 Å². The molecule has 4 heteroatoms. The minimum Gasteiger partial charge on any atom is -0.368 e. The van der Waals surface area contributed by atoms with Crippen molar-refractivity contribution < 1.29 is 4.79 Å². The van der Waals surface area contributed by atoms with Gasteiger partial charge < -0.3 is 5.73 Å². The van der Waals surface area contributed by atoms with E-state index < -0.39 is 6.04 Å². The number of pyridine rings is 1. The molecule has 4 rings (SSSR count). The first kappa shape index (κ1) is 14.8. The van der Waals surface area contributed by atoms with Crippen LogP contribution in [-0.4, -0.2) is 22.3 Å². The highest BCUT2D eigenvalue weighted by atomic mass is 16.1. The van der Waals surface area contributed by atoms with Gasteiger partial charge in [-0.3, -0.25) is 14.7 Å². The molecule has 1 aliphatic rings. The number of carbonyl (C=O) groups excluding carboxylic acids is 1. The van der Waals surface area contributed by atoms with E-state index in [9.17, 15) is 4.79 Å². The van der Waals surface area contributed by atoms with Crippen molar-refractivity contribution in [3.05, 3.63) is 77.5 Å². The Labute approximate surface area is 140 Å². The smallest absolute Gasteiger partial charge is 0.239 e.